The quantitative estimate of drug-likeness (QED) is 0.660. The number of likely N-dealkylation sites (tertiary alicyclic amines) is 1. The summed E-state index contributed by atoms with van der Waals surface area (Å²) in [6.45, 7) is 8.41. The fraction of sp³-hybridized carbons (Fsp3) is 0.783. The molecule has 1 amide bonds. The molecule has 7 heteroatoms. The Hall–Kier alpha value is -1.15. The maximum atomic E-state index is 11.8. The molecule has 3 heterocycles. The Kier molecular flexibility index (Phi) is 7.02. The van der Waals surface area contributed by atoms with Crippen molar-refractivity contribution in [1.82, 2.24) is 10.2 Å². The fourth-order valence-electron chi connectivity index (χ4n) is 5.31. The lowest BCUT2D eigenvalue weighted by Crippen LogP contribution is -2.54. The van der Waals surface area contributed by atoms with Gasteiger partial charge in [-0.05, 0) is 56.6 Å². The van der Waals surface area contributed by atoms with Gasteiger partial charge in [0.05, 0.1) is 18.8 Å². The van der Waals surface area contributed by atoms with Crippen LogP contribution in [0.3, 0.4) is 0 Å². The van der Waals surface area contributed by atoms with Crippen molar-refractivity contribution in [3.05, 3.63) is 21.4 Å². The number of alkyl carbamates (subject to hydrolysis) is 1. The third kappa shape index (κ3) is 4.69. The highest BCUT2D eigenvalue weighted by molar-refractivity contribution is 7.12. The van der Waals surface area contributed by atoms with Crippen molar-refractivity contribution in [2.24, 2.45) is 5.92 Å². The van der Waals surface area contributed by atoms with E-state index in [1.807, 2.05) is 11.3 Å². The third-order valence-corrected chi connectivity index (χ3v) is 8.37. The number of hydrogen-bond acceptors (Lipinski definition) is 6. The van der Waals surface area contributed by atoms with Crippen LogP contribution in [0.15, 0.2) is 6.07 Å². The smallest absolute Gasteiger partial charge is 0.407 e. The van der Waals surface area contributed by atoms with Crippen molar-refractivity contribution in [2.45, 2.75) is 70.1 Å². The molecule has 1 spiro atoms. The number of methoxy groups -OCH3 is 1. The zero-order valence-electron chi connectivity index (χ0n) is 18.6. The lowest BCUT2D eigenvalue weighted by Gasteiger charge is -2.49. The monoisotopic (exact) mass is 436 g/mol. The zero-order chi connectivity index (χ0) is 21.1. The van der Waals surface area contributed by atoms with E-state index in [0.717, 1.165) is 58.2 Å². The molecule has 4 rings (SSSR count). The summed E-state index contributed by atoms with van der Waals surface area (Å²) >= 11 is 1.99. The maximum absolute atomic E-state index is 11.8. The Morgan fingerprint density at radius 3 is 2.97 bits per heavy atom. The van der Waals surface area contributed by atoms with Gasteiger partial charge in [0.1, 0.15) is 6.61 Å². The van der Waals surface area contributed by atoms with Gasteiger partial charge in [-0.15, -0.1) is 11.3 Å². The van der Waals surface area contributed by atoms with Crippen LogP contribution < -0.4 is 5.32 Å². The number of hydrogen-bond donors (Lipinski definition) is 1. The normalized spacial score (nSPS) is 31.2. The summed E-state index contributed by atoms with van der Waals surface area (Å²) in [6, 6.07) is 3.19. The standard InChI is InChI=1S/C23H36N2O4S/c1-4-19-13-20-21(30-19)5-8-29-23(20)6-7-25(16(2)14-23)15-17-11-18(12-17)24-22(26)28-10-9-27-3/h13,16-18H,4-12,14-15H2,1-3H3,(H,24,26)/t16-,17?,18?,23+/m0/s1. The van der Waals surface area contributed by atoms with Gasteiger partial charge in [0.15, 0.2) is 0 Å². The molecule has 1 aromatic rings. The number of thiophene rings is 1. The molecule has 2 fully saturated rings. The van der Waals surface area contributed by atoms with E-state index in [4.69, 9.17) is 14.2 Å². The Morgan fingerprint density at radius 2 is 2.23 bits per heavy atom. The van der Waals surface area contributed by atoms with Crippen LogP contribution in [0.5, 0.6) is 0 Å². The zero-order valence-corrected chi connectivity index (χ0v) is 19.4. The largest absolute Gasteiger partial charge is 0.447 e. The molecular formula is C23H36N2O4S. The second kappa shape index (κ2) is 9.55. The number of nitrogens with zero attached hydrogens (tertiary/aromatic N) is 1. The van der Waals surface area contributed by atoms with E-state index in [-0.39, 0.29) is 17.7 Å². The van der Waals surface area contributed by atoms with Gasteiger partial charge in [0, 0.05) is 48.5 Å². The topological polar surface area (TPSA) is 60.0 Å². The molecule has 168 valence electrons. The molecule has 1 N–H and O–H groups in total. The fourth-order valence-corrected chi connectivity index (χ4v) is 6.48. The minimum atomic E-state index is -0.323. The number of fused-ring (bicyclic) bond motifs is 2. The lowest BCUT2D eigenvalue weighted by molar-refractivity contribution is -0.114. The minimum absolute atomic E-state index is 0.0664. The molecule has 30 heavy (non-hydrogen) atoms. The molecule has 1 saturated carbocycles. The highest BCUT2D eigenvalue weighted by atomic mass is 32.1. The summed E-state index contributed by atoms with van der Waals surface area (Å²) < 4.78 is 16.5. The van der Waals surface area contributed by atoms with E-state index >= 15 is 0 Å². The third-order valence-electron chi connectivity index (χ3n) is 7.03. The number of amides is 1. The Labute approximate surface area is 184 Å². The molecule has 1 aliphatic carbocycles. The number of aryl methyl sites for hydroxylation is 1. The summed E-state index contributed by atoms with van der Waals surface area (Å²) in [5, 5.41) is 2.97. The maximum Gasteiger partial charge on any atom is 0.407 e. The van der Waals surface area contributed by atoms with Gasteiger partial charge >= 0.3 is 6.09 Å². The number of nitrogens with one attached hydrogen (secondary N) is 1. The molecule has 3 aliphatic rings. The molecule has 0 bridgehead atoms. The summed E-state index contributed by atoms with van der Waals surface area (Å²) in [7, 11) is 1.60. The van der Waals surface area contributed by atoms with Crippen LogP contribution in [0, 0.1) is 5.92 Å². The van der Waals surface area contributed by atoms with E-state index in [1.54, 1.807) is 12.0 Å². The highest BCUT2D eigenvalue weighted by Crippen LogP contribution is 2.46. The average Bonchev–Trinajstić information content (AvgIpc) is 3.13. The van der Waals surface area contributed by atoms with Crippen molar-refractivity contribution in [2.75, 3.05) is 40.0 Å². The average molecular weight is 437 g/mol. The number of carbonyl (C=O) groups is 1. The minimum Gasteiger partial charge on any atom is -0.447 e. The summed E-state index contributed by atoms with van der Waals surface area (Å²) in [6.07, 6.45) is 6.12. The van der Waals surface area contributed by atoms with Gasteiger partial charge in [-0.25, -0.2) is 4.79 Å². The molecule has 1 saturated heterocycles. The second-order valence-corrected chi connectivity index (χ2v) is 10.3. The molecule has 1 aromatic heterocycles. The van der Waals surface area contributed by atoms with E-state index in [2.05, 4.69) is 30.1 Å². The van der Waals surface area contributed by atoms with Crippen LogP contribution in [-0.4, -0.2) is 63.1 Å². The van der Waals surface area contributed by atoms with Crippen LogP contribution in [0.25, 0.3) is 0 Å². The number of carbonyl (C=O) groups excluding carboxylic acids is 1. The van der Waals surface area contributed by atoms with Crippen LogP contribution in [0.2, 0.25) is 0 Å². The Bertz CT molecular complexity index is 733. The molecule has 0 unspecified atom stereocenters. The molecule has 0 radical (unpaired) electrons. The first kappa shape index (κ1) is 22.1. The first-order valence-corrected chi connectivity index (χ1v) is 12.3. The molecule has 6 nitrogen and oxygen atoms in total. The Morgan fingerprint density at radius 1 is 1.40 bits per heavy atom. The van der Waals surface area contributed by atoms with Crippen molar-refractivity contribution in [3.8, 4) is 0 Å². The number of ether oxygens (including phenoxy) is 3. The van der Waals surface area contributed by atoms with E-state index in [9.17, 15) is 4.79 Å². The van der Waals surface area contributed by atoms with Gasteiger partial charge in [-0.2, -0.15) is 0 Å². The van der Waals surface area contributed by atoms with Crippen molar-refractivity contribution < 1.29 is 19.0 Å². The molecule has 2 atom stereocenters. The van der Waals surface area contributed by atoms with E-state index in [1.165, 1.54) is 10.4 Å². The van der Waals surface area contributed by atoms with E-state index < -0.39 is 0 Å². The van der Waals surface area contributed by atoms with Crippen LogP contribution in [0.1, 0.15) is 54.8 Å². The number of rotatable bonds is 7. The predicted molar refractivity (Wildman–Crippen MR) is 118 cm³/mol. The van der Waals surface area contributed by atoms with Crippen LogP contribution in [0.4, 0.5) is 4.79 Å². The van der Waals surface area contributed by atoms with Gasteiger partial charge in [-0.1, -0.05) is 6.92 Å². The lowest BCUT2D eigenvalue weighted by atomic mass is 9.76. The van der Waals surface area contributed by atoms with E-state index in [0.29, 0.717) is 25.2 Å². The van der Waals surface area contributed by atoms with Crippen molar-refractivity contribution >= 4 is 17.4 Å². The van der Waals surface area contributed by atoms with Crippen LogP contribution >= 0.6 is 11.3 Å². The van der Waals surface area contributed by atoms with Gasteiger partial charge in [0.2, 0.25) is 0 Å². The van der Waals surface area contributed by atoms with Gasteiger partial charge < -0.3 is 24.4 Å². The molecule has 0 aromatic carbocycles. The molecular weight excluding hydrogens is 400 g/mol. The summed E-state index contributed by atoms with van der Waals surface area (Å²) in [5.74, 6) is 0.654. The van der Waals surface area contributed by atoms with Crippen molar-refractivity contribution in [1.29, 1.82) is 0 Å². The van der Waals surface area contributed by atoms with Gasteiger partial charge in [0.25, 0.3) is 0 Å². The van der Waals surface area contributed by atoms with Crippen LogP contribution in [-0.2, 0) is 32.7 Å². The number of piperidine rings is 1. The first-order valence-electron chi connectivity index (χ1n) is 11.4. The van der Waals surface area contributed by atoms with Gasteiger partial charge in [-0.3, -0.25) is 0 Å². The predicted octanol–water partition coefficient (Wildman–Crippen LogP) is 3.71. The molecule has 2 aliphatic heterocycles. The highest BCUT2D eigenvalue weighted by Gasteiger charge is 2.45. The second-order valence-electron chi connectivity index (χ2n) is 9.10. The summed E-state index contributed by atoms with van der Waals surface area (Å²) in [4.78, 5) is 17.4. The summed E-state index contributed by atoms with van der Waals surface area (Å²) in [5.41, 5.74) is 1.42. The first-order chi connectivity index (χ1) is 14.5. The SMILES string of the molecule is CCc1cc2c(s1)CCO[C@@]21CCN(CC2CC(NC(=O)OCCOC)C2)[C@@H](C)C1. The van der Waals surface area contributed by atoms with Crippen molar-refractivity contribution in [3.63, 3.8) is 0 Å². The Balaban J connectivity index is 1.25.